The molecule has 2 amide bonds. The van der Waals surface area contributed by atoms with E-state index in [0.29, 0.717) is 35.7 Å². The third-order valence-corrected chi connectivity index (χ3v) is 14.2. The SMILES string of the molecule is C[C@@H]1CCC[C@H](C)N1CC(=O)N[C@@H](Cc1ccc(F)c(F)c1)C(=O)CCc1ccc2c(N)nccc2c1.C[C@@H]1CCC[C@H](C)N1CC(=O)N[C@@H](Cc1ccc(F)c(F)c1)C(=O)O.NCc1ccc2c(N)nccc2c1.S.S. The van der Waals surface area contributed by atoms with Crippen LogP contribution in [-0.4, -0.2) is 97.8 Å². The van der Waals surface area contributed by atoms with Gasteiger partial charge in [0.1, 0.15) is 17.7 Å². The van der Waals surface area contributed by atoms with Gasteiger partial charge in [0.25, 0.3) is 0 Å². The van der Waals surface area contributed by atoms with Gasteiger partial charge in [0.05, 0.1) is 19.1 Å². The van der Waals surface area contributed by atoms with Crippen molar-refractivity contribution in [2.24, 2.45) is 5.73 Å². The first-order chi connectivity index (χ1) is 35.8. The summed E-state index contributed by atoms with van der Waals surface area (Å²) in [6.07, 6.45) is 10.3. The number of aliphatic carboxylic acids is 1. The van der Waals surface area contributed by atoms with Crippen molar-refractivity contribution in [2.45, 2.75) is 135 Å². The number of hydrogen-bond donors (Lipinski definition) is 6. The Kier molecular flexibility index (Phi) is 24.6. The molecule has 2 saturated heterocycles. The van der Waals surface area contributed by atoms with Crippen LogP contribution < -0.4 is 27.8 Å². The van der Waals surface area contributed by atoms with Gasteiger partial charge in [0.2, 0.25) is 11.8 Å². The number of amides is 2. The summed E-state index contributed by atoms with van der Waals surface area (Å²) >= 11 is 0. The number of fused-ring (bicyclic) bond motifs is 2. The highest BCUT2D eigenvalue weighted by atomic mass is 32.1. The number of piperidine rings is 2. The third kappa shape index (κ3) is 18.1. The lowest BCUT2D eigenvalue weighted by Gasteiger charge is -2.38. The molecule has 6 aromatic rings. The van der Waals surface area contributed by atoms with Gasteiger partial charge in [0, 0.05) is 66.7 Å². The second kappa shape index (κ2) is 30.0. The first-order valence-electron chi connectivity index (χ1n) is 25.5. The summed E-state index contributed by atoms with van der Waals surface area (Å²) in [4.78, 5) is 62.4. The van der Waals surface area contributed by atoms with Gasteiger partial charge >= 0.3 is 5.97 Å². The fraction of sp³-hybridized carbons (Fsp3) is 0.404. The lowest BCUT2D eigenvalue weighted by atomic mass is 9.96. The molecule has 4 heterocycles. The Labute approximate surface area is 461 Å². The number of carboxylic acid groups (broad SMARTS) is 1. The lowest BCUT2D eigenvalue weighted by molar-refractivity contribution is -0.142. The van der Waals surface area contributed by atoms with Gasteiger partial charge in [-0.3, -0.25) is 24.2 Å². The average Bonchev–Trinajstić information content (AvgIpc) is 3.37. The van der Waals surface area contributed by atoms with Crippen LogP contribution in [0, 0.1) is 23.3 Å². The number of likely N-dealkylation sites (tertiary alicyclic amines) is 2. The second-order valence-electron chi connectivity index (χ2n) is 19.8. The number of nitrogens with one attached hydrogen (secondary N) is 2. The molecule has 2 aliphatic heterocycles. The third-order valence-electron chi connectivity index (χ3n) is 14.2. The number of carbonyl (C=O) groups is 4. The van der Waals surface area contributed by atoms with E-state index in [1.54, 1.807) is 12.4 Å². The van der Waals surface area contributed by atoms with E-state index in [0.717, 1.165) is 95.5 Å². The predicted octanol–water partition coefficient (Wildman–Crippen LogP) is 8.43. The number of rotatable bonds is 16. The van der Waals surface area contributed by atoms with Gasteiger partial charge in [-0.15, -0.1) is 0 Å². The second-order valence-corrected chi connectivity index (χ2v) is 19.8. The maximum atomic E-state index is 13.8. The van der Waals surface area contributed by atoms with Crippen LogP contribution in [0.5, 0.6) is 0 Å². The van der Waals surface area contributed by atoms with E-state index in [-0.39, 0.29) is 101 Å². The summed E-state index contributed by atoms with van der Waals surface area (Å²) in [6, 6.07) is 21.4. The summed E-state index contributed by atoms with van der Waals surface area (Å²) < 4.78 is 53.5. The van der Waals surface area contributed by atoms with E-state index < -0.39 is 41.3 Å². The number of carbonyl (C=O) groups excluding carboxylic acids is 3. The number of aromatic nitrogens is 2. The standard InChI is InChI=1S/C29H34F2N4O2.C18H24F2N2O3.C10H11N3.2H2S/c1-18-4-3-5-19(2)35(18)17-28(37)34-26(16-21-7-10-24(30)25(31)15-21)27(36)11-8-20-6-9-23-22(14-20)12-13-33-29(23)32;1-11-4-3-5-12(2)22(11)10-17(23)21-16(18(24)25)9-13-6-7-14(19)15(20)8-13;11-6-7-1-2-9-8(5-7)3-4-13-10(9)12;;/h6-7,9-10,12-15,18-19,26H,3-5,8,11,16-17H2,1-2H3,(H2,32,33)(H,34,37);6-8,11-12,16H,3-5,9-10H2,1-2H3,(H,21,23)(H,24,25);1-5H,6,11H2,(H2,12,13);2*1H2/t18-,19+,26-;11-,12+,16-;;;/m00.../s1. The van der Waals surface area contributed by atoms with Crippen molar-refractivity contribution in [1.82, 2.24) is 30.4 Å². The fourth-order valence-electron chi connectivity index (χ4n) is 9.86. The lowest BCUT2D eigenvalue weighted by Crippen LogP contribution is -2.51. The molecule has 20 heteroatoms. The first kappa shape index (κ1) is 63.2. The molecule has 0 saturated carbocycles. The summed E-state index contributed by atoms with van der Waals surface area (Å²) in [7, 11) is 0. The van der Waals surface area contributed by atoms with Crippen LogP contribution in [0.25, 0.3) is 21.5 Å². The molecule has 8 rings (SSSR count). The minimum Gasteiger partial charge on any atom is -0.480 e. The van der Waals surface area contributed by atoms with Crippen LogP contribution in [0.1, 0.15) is 94.9 Å². The zero-order valence-corrected chi connectivity index (χ0v) is 46.0. The molecule has 6 atom stereocenters. The average molecular weight is 1100 g/mol. The topological polar surface area (TPSA) is 223 Å². The summed E-state index contributed by atoms with van der Waals surface area (Å²) in [6.45, 7) is 9.21. The molecule has 0 bridgehead atoms. The fourth-order valence-corrected chi connectivity index (χ4v) is 9.86. The number of pyridine rings is 2. The molecule has 0 unspecified atom stereocenters. The molecule has 0 aliphatic carbocycles. The Hall–Kier alpha value is -6.32. The molecule has 14 nitrogen and oxygen atoms in total. The van der Waals surface area contributed by atoms with Crippen molar-refractivity contribution >= 4 is 83.7 Å². The van der Waals surface area contributed by atoms with E-state index in [4.69, 9.17) is 17.2 Å². The number of nitrogens with zero attached hydrogens (tertiary/aromatic N) is 4. The van der Waals surface area contributed by atoms with E-state index in [2.05, 4.69) is 58.1 Å². The molecule has 416 valence electrons. The number of Topliss-reactive ketones (excluding diaryl/α,β-unsaturated/α-hetero) is 1. The van der Waals surface area contributed by atoms with Crippen molar-refractivity contribution in [3.05, 3.63) is 143 Å². The normalized spacial score (nSPS) is 18.2. The quantitative estimate of drug-likeness (QED) is 0.0503. The number of benzene rings is 4. The molecule has 2 fully saturated rings. The smallest absolute Gasteiger partial charge is 0.326 e. The van der Waals surface area contributed by atoms with Gasteiger partial charge in [0.15, 0.2) is 29.1 Å². The van der Waals surface area contributed by atoms with Crippen molar-refractivity contribution in [3.63, 3.8) is 0 Å². The largest absolute Gasteiger partial charge is 0.480 e. The molecule has 9 N–H and O–H groups in total. The predicted molar refractivity (Wildman–Crippen MR) is 305 cm³/mol. The molecular formula is C57H73F4N9O5S2. The van der Waals surface area contributed by atoms with Crippen LogP contribution in [-0.2, 0) is 45.0 Å². The minimum atomic E-state index is -1.21. The number of aryl methyl sites for hydroxylation is 1. The zero-order valence-electron chi connectivity index (χ0n) is 44.0. The molecule has 0 spiro atoms. The minimum absolute atomic E-state index is 0. The number of nitrogens with two attached hydrogens (primary N) is 3. The van der Waals surface area contributed by atoms with Crippen LogP contribution >= 0.6 is 27.0 Å². The maximum Gasteiger partial charge on any atom is 0.326 e. The highest BCUT2D eigenvalue weighted by molar-refractivity contribution is 7.59. The Bertz CT molecular complexity index is 2940. The van der Waals surface area contributed by atoms with Gasteiger partial charge in [-0.25, -0.2) is 32.3 Å². The molecule has 4 aromatic carbocycles. The number of halogens is 4. The van der Waals surface area contributed by atoms with Gasteiger partial charge in [-0.2, -0.15) is 27.0 Å². The highest BCUT2D eigenvalue weighted by Gasteiger charge is 2.30. The van der Waals surface area contributed by atoms with Crippen molar-refractivity contribution in [1.29, 1.82) is 0 Å². The highest BCUT2D eigenvalue weighted by Crippen LogP contribution is 2.25. The number of carboxylic acids is 1. The molecule has 77 heavy (non-hydrogen) atoms. The Balaban J connectivity index is 0.000000275. The van der Waals surface area contributed by atoms with Crippen molar-refractivity contribution in [2.75, 3.05) is 24.6 Å². The Morgan fingerprint density at radius 3 is 1.42 bits per heavy atom. The van der Waals surface area contributed by atoms with E-state index >= 15 is 0 Å². The van der Waals surface area contributed by atoms with E-state index in [1.807, 2.05) is 48.5 Å². The zero-order chi connectivity index (χ0) is 54.3. The Morgan fingerprint density at radius 1 is 0.584 bits per heavy atom. The first-order valence-corrected chi connectivity index (χ1v) is 25.5. The summed E-state index contributed by atoms with van der Waals surface area (Å²) in [5, 5.41) is 18.6. The monoisotopic (exact) mass is 1100 g/mol. The van der Waals surface area contributed by atoms with Crippen molar-refractivity contribution < 1.29 is 41.8 Å². The van der Waals surface area contributed by atoms with Crippen LogP contribution in [0.3, 0.4) is 0 Å². The molecule has 2 aliphatic rings. The number of hydrogen-bond acceptors (Lipinski definition) is 11. The Morgan fingerprint density at radius 2 is 0.987 bits per heavy atom. The summed E-state index contributed by atoms with van der Waals surface area (Å²) in [5.41, 5.74) is 20.0. The summed E-state index contributed by atoms with van der Waals surface area (Å²) in [5.74, 6) is -4.92. The number of nitrogen functional groups attached to an aromatic ring is 2. The number of anilines is 2. The van der Waals surface area contributed by atoms with Gasteiger partial charge in [-0.05, 0) is 142 Å². The van der Waals surface area contributed by atoms with E-state index in [9.17, 15) is 41.8 Å². The van der Waals surface area contributed by atoms with Crippen LogP contribution in [0.2, 0.25) is 0 Å². The molecule has 0 radical (unpaired) electrons. The number of ketones is 1. The molecular weight excluding hydrogens is 1030 g/mol. The van der Waals surface area contributed by atoms with Crippen LogP contribution in [0.4, 0.5) is 29.2 Å². The van der Waals surface area contributed by atoms with Gasteiger partial charge in [-0.1, -0.05) is 55.3 Å². The maximum absolute atomic E-state index is 13.8. The van der Waals surface area contributed by atoms with Crippen LogP contribution in [0.15, 0.2) is 97.3 Å². The van der Waals surface area contributed by atoms with E-state index in [1.165, 1.54) is 12.1 Å². The van der Waals surface area contributed by atoms with Crippen molar-refractivity contribution in [3.8, 4) is 0 Å². The molecule has 2 aromatic heterocycles. The van der Waals surface area contributed by atoms with Gasteiger partial charge < -0.3 is 32.9 Å².